The number of hydrogen-bond acceptors (Lipinski definition) is 5. The van der Waals surface area contributed by atoms with E-state index in [0.717, 1.165) is 5.56 Å². The van der Waals surface area contributed by atoms with Crippen LogP contribution in [0.15, 0.2) is 53.8 Å². The first-order chi connectivity index (χ1) is 12.6. The maximum atomic E-state index is 12.5. The second-order valence-electron chi connectivity index (χ2n) is 5.47. The van der Waals surface area contributed by atoms with Crippen molar-refractivity contribution in [3.63, 3.8) is 0 Å². The second kappa shape index (κ2) is 9.41. The van der Waals surface area contributed by atoms with Gasteiger partial charge in [-0.05, 0) is 18.9 Å². The Labute approximate surface area is 152 Å². The van der Waals surface area contributed by atoms with E-state index in [2.05, 4.69) is 10.6 Å². The summed E-state index contributed by atoms with van der Waals surface area (Å²) in [6, 6.07) is 7.86. The smallest absolute Gasteiger partial charge is 0.338 e. The summed E-state index contributed by atoms with van der Waals surface area (Å²) < 4.78 is 10.3. The van der Waals surface area contributed by atoms with E-state index in [0.29, 0.717) is 6.42 Å². The van der Waals surface area contributed by atoms with Gasteiger partial charge in [-0.2, -0.15) is 0 Å². The van der Waals surface area contributed by atoms with Gasteiger partial charge in [-0.15, -0.1) is 0 Å². The van der Waals surface area contributed by atoms with Crippen LogP contribution in [0.25, 0.3) is 0 Å². The number of carbonyl (C=O) groups excluding carboxylic acids is 3. The van der Waals surface area contributed by atoms with Crippen LogP contribution >= 0.6 is 0 Å². The number of nitrogens with one attached hydrogen (secondary N) is 2. The average Bonchev–Trinajstić information content (AvgIpc) is 2.65. The fraction of sp³-hybridized carbons (Fsp3) is 0.316. The van der Waals surface area contributed by atoms with Gasteiger partial charge in [0.25, 0.3) is 0 Å². The number of urea groups is 1. The predicted molar refractivity (Wildman–Crippen MR) is 94.9 cm³/mol. The molecule has 1 atom stereocenters. The molecule has 0 aliphatic carbocycles. The fourth-order valence-electron chi connectivity index (χ4n) is 2.48. The van der Waals surface area contributed by atoms with Crippen molar-refractivity contribution in [1.29, 1.82) is 0 Å². The van der Waals surface area contributed by atoms with Crippen molar-refractivity contribution in [1.82, 2.24) is 10.6 Å². The van der Waals surface area contributed by atoms with Crippen LogP contribution in [0.3, 0.4) is 0 Å². The maximum Gasteiger partial charge on any atom is 0.338 e. The molecule has 0 saturated heterocycles. The van der Waals surface area contributed by atoms with Crippen LogP contribution in [0.5, 0.6) is 0 Å². The molecule has 138 valence electrons. The molecule has 7 heteroatoms. The molecule has 0 fully saturated rings. The van der Waals surface area contributed by atoms with Crippen molar-refractivity contribution < 1.29 is 23.9 Å². The molecular formula is C19H22N2O5. The Kier molecular flexibility index (Phi) is 6.96. The Balaban J connectivity index is 2.35. The van der Waals surface area contributed by atoms with E-state index in [9.17, 15) is 14.4 Å². The van der Waals surface area contributed by atoms with Crippen molar-refractivity contribution in [2.45, 2.75) is 26.3 Å². The van der Waals surface area contributed by atoms with Crippen LogP contribution in [0.4, 0.5) is 4.79 Å². The highest BCUT2D eigenvalue weighted by molar-refractivity contribution is 5.95. The molecule has 2 N–H and O–H groups in total. The molecule has 2 amide bonds. The molecule has 0 saturated carbocycles. The number of hydrogen-bond donors (Lipinski definition) is 2. The van der Waals surface area contributed by atoms with E-state index >= 15 is 0 Å². The summed E-state index contributed by atoms with van der Waals surface area (Å²) in [6.45, 7) is 3.53. The summed E-state index contributed by atoms with van der Waals surface area (Å²) >= 11 is 0. The first kappa shape index (κ1) is 19.2. The Morgan fingerprint density at radius 3 is 2.54 bits per heavy atom. The zero-order valence-electron chi connectivity index (χ0n) is 14.8. The minimum atomic E-state index is -0.691. The highest BCUT2D eigenvalue weighted by Crippen LogP contribution is 2.27. The minimum Gasteiger partial charge on any atom is -0.463 e. The van der Waals surface area contributed by atoms with Crippen LogP contribution < -0.4 is 10.6 Å². The summed E-state index contributed by atoms with van der Waals surface area (Å²) in [7, 11) is 0. The lowest BCUT2D eigenvalue weighted by molar-refractivity contribution is -0.140. The summed E-state index contributed by atoms with van der Waals surface area (Å²) in [5.74, 6) is -1.13. The molecular weight excluding hydrogens is 336 g/mol. The van der Waals surface area contributed by atoms with Gasteiger partial charge in [0, 0.05) is 6.08 Å². The van der Waals surface area contributed by atoms with Crippen LogP contribution in [0.1, 0.15) is 31.9 Å². The number of benzene rings is 1. The number of rotatable bonds is 7. The van der Waals surface area contributed by atoms with Crippen LogP contribution in [-0.4, -0.2) is 31.2 Å². The zero-order chi connectivity index (χ0) is 18.9. The van der Waals surface area contributed by atoms with Crippen LogP contribution in [-0.2, 0) is 19.1 Å². The monoisotopic (exact) mass is 358 g/mol. The quantitative estimate of drug-likeness (QED) is 0.576. The number of ether oxygens (including phenoxy) is 2. The zero-order valence-corrected chi connectivity index (χ0v) is 14.8. The number of allylic oxidation sites excluding steroid dienone is 1. The predicted octanol–water partition coefficient (Wildman–Crippen LogP) is 2.37. The molecule has 1 aromatic rings. The molecule has 0 aromatic heterocycles. The van der Waals surface area contributed by atoms with Crippen molar-refractivity contribution >= 4 is 18.0 Å². The van der Waals surface area contributed by atoms with Gasteiger partial charge in [0.05, 0.1) is 23.9 Å². The molecule has 0 unspecified atom stereocenters. The Bertz CT molecular complexity index is 725. The molecule has 2 rings (SSSR count). The molecule has 26 heavy (non-hydrogen) atoms. The van der Waals surface area contributed by atoms with Gasteiger partial charge in [-0.25, -0.2) is 14.4 Å². The first-order valence-electron chi connectivity index (χ1n) is 8.42. The highest BCUT2D eigenvalue weighted by atomic mass is 16.5. The summed E-state index contributed by atoms with van der Waals surface area (Å²) in [4.78, 5) is 36.2. The standard InChI is InChI=1S/C19H22N2O5/c1-3-5-11-15(22)26-12-14-16(18(23)25-4-2)17(21-19(24)20-14)13-9-7-6-8-10-13/h5-11,17H,3-4,12H2,1-2H3,(H2,20,21,24)/b11-5+/t17-/m1/s1. The molecule has 7 nitrogen and oxygen atoms in total. The van der Waals surface area contributed by atoms with Gasteiger partial charge in [0.1, 0.15) is 6.61 Å². The summed E-state index contributed by atoms with van der Waals surface area (Å²) in [6.07, 6.45) is 3.67. The highest BCUT2D eigenvalue weighted by Gasteiger charge is 2.34. The number of amides is 2. The van der Waals surface area contributed by atoms with Gasteiger partial charge in [0.15, 0.2) is 0 Å². The Morgan fingerprint density at radius 2 is 1.88 bits per heavy atom. The van der Waals surface area contributed by atoms with Gasteiger partial charge in [-0.1, -0.05) is 43.3 Å². The molecule has 1 aliphatic heterocycles. The fourth-order valence-corrected chi connectivity index (χ4v) is 2.48. The molecule has 1 aliphatic rings. The second-order valence-corrected chi connectivity index (χ2v) is 5.47. The Hall–Kier alpha value is -3.09. The molecule has 0 radical (unpaired) electrons. The van der Waals surface area contributed by atoms with Crippen molar-refractivity contribution in [2.75, 3.05) is 13.2 Å². The third-order valence-corrected chi connectivity index (χ3v) is 3.63. The maximum absolute atomic E-state index is 12.5. The lowest BCUT2D eigenvalue weighted by atomic mass is 9.95. The third-order valence-electron chi connectivity index (χ3n) is 3.63. The van der Waals surface area contributed by atoms with Gasteiger partial charge in [-0.3, -0.25) is 0 Å². The molecule has 1 heterocycles. The van der Waals surface area contributed by atoms with Gasteiger partial charge >= 0.3 is 18.0 Å². The van der Waals surface area contributed by atoms with Crippen molar-refractivity contribution in [3.05, 3.63) is 59.3 Å². The van der Waals surface area contributed by atoms with E-state index in [-0.39, 0.29) is 24.5 Å². The van der Waals surface area contributed by atoms with E-state index in [1.54, 1.807) is 25.1 Å². The lowest BCUT2D eigenvalue weighted by Crippen LogP contribution is -2.47. The van der Waals surface area contributed by atoms with Crippen molar-refractivity contribution in [2.24, 2.45) is 0 Å². The van der Waals surface area contributed by atoms with E-state index in [1.165, 1.54) is 6.08 Å². The van der Waals surface area contributed by atoms with Gasteiger partial charge in [0.2, 0.25) is 0 Å². The largest absolute Gasteiger partial charge is 0.463 e. The van der Waals surface area contributed by atoms with Crippen molar-refractivity contribution in [3.8, 4) is 0 Å². The first-order valence-corrected chi connectivity index (χ1v) is 8.42. The Morgan fingerprint density at radius 1 is 1.15 bits per heavy atom. The topological polar surface area (TPSA) is 93.7 Å². The average molecular weight is 358 g/mol. The SMILES string of the molecule is CC/C=C/C(=O)OCC1=C(C(=O)OCC)[C@@H](c2ccccc2)NC(=O)N1. The third kappa shape index (κ3) is 4.95. The number of carbonyl (C=O) groups is 3. The normalized spacial score (nSPS) is 16.8. The molecule has 0 spiro atoms. The van der Waals surface area contributed by atoms with Crippen LogP contribution in [0.2, 0.25) is 0 Å². The van der Waals surface area contributed by atoms with E-state index in [4.69, 9.17) is 9.47 Å². The molecule has 1 aromatic carbocycles. The lowest BCUT2D eigenvalue weighted by Gasteiger charge is -2.29. The summed E-state index contributed by atoms with van der Waals surface area (Å²) in [5.41, 5.74) is 1.14. The van der Waals surface area contributed by atoms with E-state index < -0.39 is 24.0 Å². The minimum absolute atomic E-state index is 0.185. The van der Waals surface area contributed by atoms with E-state index in [1.807, 2.05) is 25.1 Å². The van der Waals surface area contributed by atoms with Gasteiger partial charge < -0.3 is 20.1 Å². The summed E-state index contributed by atoms with van der Waals surface area (Å²) in [5, 5.41) is 5.26. The number of esters is 2. The molecule has 0 bridgehead atoms. The van der Waals surface area contributed by atoms with Crippen LogP contribution in [0, 0.1) is 0 Å².